The lowest BCUT2D eigenvalue weighted by Crippen LogP contribution is -2.48. The fourth-order valence-electron chi connectivity index (χ4n) is 11.5. The molecule has 4 aromatic rings. The molecule has 0 aliphatic rings. The molecule has 0 radical (unpaired) electrons. The molecular weight excluding hydrogens is 2060 g/mol. The van der Waals surface area contributed by atoms with Crippen molar-refractivity contribution in [2.75, 3.05) is 60.8 Å². The van der Waals surface area contributed by atoms with Gasteiger partial charge in [-0.2, -0.15) is 48.5 Å². The van der Waals surface area contributed by atoms with Crippen molar-refractivity contribution >= 4 is 180 Å². The van der Waals surface area contributed by atoms with E-state index in [9.17, 15) is 50.3 Å². The molecule has 0 bridgehead atoms. The maximum atomic E-state index is 12.1. The van der Waals surface area contributed by atoms with Gasteiger partial charge in [-0.1, -0.05) is 110 Å². The summed E-state index contributed by atoms with van der Waals surface area (Å²) in [5, 5.41) is 33.8. The fraction of sp³-hybridized carbons (Fsp3) is 0.720. The van der Waals surface area contributed by atoms with E-state index in [1.807, 2.05) is 31.5 Å². The van der Waals surface area contributed by atoms with Crippen molar-refractivity contribution in [3.05, 3.63) is 134 Å². The van der Waals surface area contributed by atoms with Crippen LogP contribution in [0.4, 0.5) is 26.3 Å². The summed E-state index contributed by atoms with van der Waals surface area (Å²) in [5.74, 6) is -3.77. The standard InChI is InChI=1S/C16H24N10OS2Si2.C16H29N5O2SSi2.C14H29F3N2O3Si2.C10H24N6OSi2.C8H12ClN5SSi.C7H13ClF3NOSi.C4H8O2/c1-30(2,11-28-15-19-5-13(6-20-15)9-23-25-17)27-31(3,4)12-29-16-21-7-14(8-22-16)10-24-26-18;1-14(22)8-6-7-9-25(2,3)23-26(4,5)13-24-16-18-10-15(11-19-16)12-20-21-17;1-12(20)18-8-6-10-23(2,3)22-24(4,5)11-7-9-19-13(21)14(15,16)17;1-18(2,9-5-7-13-15-11)17-19(3,4)10-6-8-14-16-12;1-16(2,9)6-15-8-11-3-7(4-12-8)5-13-14-10;1-14(2,8)5-3-4-12-6(13)7(9,10)11;1-3-6-4(2)5/h5-8H,9-12H2,1-4H3;10-11H,6-9,12-13H2,1-5H3;6-11H2,1-5H3,(H,18,20)(H,19,21);5-10H2,1-4H3;3-4H,5-6H2,1-2H3;3-5H2,1-2H3,(H,12,13);3H2,1-2H3. The molecule has 136 heavy (non-hydrogen) atoms. The quantitative estimate of drug-likeness (QED) is 0.00353. The lowest BCUT2D eigenvalue weighted by molar-refractivity contribution is -0.173. The number of hydrogen-bond acceptors (Lipinski definition) is 28. The van der Waals surface area contributed by atoms with Crippen LogP contribution in [0.15, 0.2) is 101 Å². The number of halogens is 8. The van der Waals surface area contributed by atoms with E-state index in [0.29, 0.717) is 73.1 Å². The second-order valence-electron chi connectivity index (χ2n) is 36.4. The highest BCUT2D eigenvalue weighted by molar-refractivity contribution is 8.01. The molecule has 3 N–H and O–H groups in total. The van der Waals surface area contributed by atoms with Crippen molar-refractivity contribution in [3.8, 4) is 0 Å². The van der Waals surface area contributed by atoms with E-state index < -0.39 is 105 Å². The number of Topliss-reactive ketones (excluding diaryl/α,β-unsaturated/α-hetero) is 1. The number of alkyl halides is 6. The highest BCUT2D eigenvalue weighted by Crippen LogP contribution is 2.31. The molecule has 0 spiro atoms. The number of unbranched alkanes of at least 4 members (excludes halogenated alkanes) is 1. The van der Waals surface area contributed by atoms with E-state index in [2.05, 4.69) is 215 Å². The summed E-state index contributed by atoms with van der Waals surface area (Å²) in [7, 11) is -18.0. The van der Waals surface area contributed by atoms with Gasteiger partial charge in [-0.05, 0) is 249 Å². The topological polar surface area (TPSA) is 563 Å². The first-order valence-electron chi connectivity index (χ1n) is 43.4. The van der Waals surface area contributed by atoms with E-state index in [0.717, 1.165) is 105 Å². The van der Waals surface area contributed by atoms with Crippen molar-refractivity contribution in [1.29, 1.82) is 0 Å². The van der Waals surface area contributed by atoms with E-state index in [4.69, 9.17) is 71.8 Å². The Bertz CT molecular complexity index is 4360. The van der Waals surface area contributed by atoms with Crippen LogP contribution in [0.25, 0.3) is 62.7 Å². The van der Waals surface area contributed by atoms with Gasteiger partial charge in [-0.15, -0.1) is 0 Å². The minimum Gasteiger partial charge on any atom is -0.466 e. The highest BCUT2D eigenvalue weighted by atomic mass is 35.6. The summed E-state index contributed by atoms with van der Waals surface area (Å²) in [6, 6.07) is 5.40. The van der Waals surface area contributed by atoms with Crippen LogP contribution in [0.5, 0.6) is 0 Å². The number of ketones is 1. The van der Waals surface area contributed by atoms with Crippen molar-refractivity contribution in [3.63, 3.8) is 0 Å². The summed E-state index contributed by atoms with van der Waals surface area (Å²) < 4.78 is 102. The predicted octanol–water partition coefficient (Wildman–Crippen LogP) is 24.6. The number of carbonyl (C=O) groups is 5. The van der Waals surface area contributed by atoms with Crippen molar-refractivity contribution in [2.24, 2.45) is 30.7 Å². The van der Waals surface area contributed by atoms with Gasteiger partial charge in [0.05, 0.1) is 32.8 Å². The van der Waals surface area contributed by atoms with Crippen molar-refractivity contribution < 1.29 is 71.5 Å². The van der Waals surface area contributed by atoms with Crippen LogP contribution in [-0.4, -0.2) is 224 Å². The highest BCUT2D eigenvalue weighted by Gasteiger charge is 2.41. The second-order valence-corrected chi connectivity index (χ2v) is 91.0. The Labute approximate surface area is 832 Å². The largest absolute Gasteiger partial charge is 0.471 e. The molecule has 0 unspecified atom stereocenters. The van der Waals surface area contributed by atoms with Crippen LogP contribution in [0.3, 0.4) is 0 Å². The lowest BCUT2D eigenvalue weighted by atomic mass is 10.2. The minimum absolute atomic E-state index is 0.00263. The minimum atomic E-state index is -4.83. The van der Waals surface area contributed by atoms with Crippen LogP contribution >= 0.6 is 69.2 Å². The first-order valence-corrected chi connectivity index (χ1v) is 80.7. The maximum Gasteiger partial charge on any atom is 0.471 e. The summed E-state index contributed by atoms with van der Waals surface area (Å²) in [4.78, 5) is 103. The van der Waals surface area contributed by atoms with Gasteiger partial charge < -0.3 is 41.9 Å². The Morgan fingerprint density at radius 3 is 0.846 bits per heavy atom. The van der Waals surface area contributed by atoms with Gasteiger partial charge in [-0.25, -0.2) is 39.9 Å². The van der Waals surface area contributed by atoms with Crippen molar-refractivity contribution in [2.45, 2.75) is 305 Å². The summed E-state index contributed by atoms with van der Waals surface area (Å²) >= 11 is 18.5. The van der Waals surface area contributed by atoms with Crippen LogP contribution in [0.2, 0.25) is 167 Å². The first-order chi connectivity index (χ1) is 62.8. The first kappa shape index (κ1) is 133. The molecule has 764 valence electrons. The number of ether oxygens (including phenoxy) is 1. The zero-order valence-electron chi connectivity index (χ0n) is 82.8. The predicted molar refractivity (Wildman–Crippen MR) is 557 cm³/mol. The van der Waals surface area contributed by atoms with Gasteiger partial charge in [0.1, 0.15) is 5.78 Å². The monoisotopic (exact) mass is 2200 g/mol. The van der Waals surface area contributed by atoms with Gasteiger partial charge in [0.25, 0.3) is 0 Å². The van der Waals surface area contributed by atoms with Gasteiger partial charge >= 0.3 is 30.1 Å². The third-order valence-electron chi connectivity index (χ3n) is 16.8. The number of carbonyl (C=O) groups excluding carboxylic acids is 5. The molecule has 0 saturated heterocycles. The van der Waals surface area contributed by atoms with Gasteiger partial charge in [-0.3, -0.25) is 19.2 Å². The number of nitrogens with one attached hydrogen (secondary N) is 3. The van der Waals surface area contributed by atoms with Gasteiger partial charge in [0, 0.05) is 154 Å². The molecular formula is C75H139Cl2F6N29O10S4Si10. The average molecular weight is 2200 g/mol. The molecule has 39 nitrogen and oxygen atoms in total. The zero-order valence-corrected chi connectivity index (χ0v) is 97.6. The third kappa shape index (κ3) is 81.0. The smallest absolute Gasteiger partial charge is 0.466 e. The van der Waals surface area contributed by atoms with Gasteiger partial charge in [0.15, 0.2) is 102 Å². The number of nitrogens with zero attached hydrogens (tertiary/aromatic N) is 26. The molecule has 0 aliphatic carbocycles. The molecule has 0 atom stereocenters. The fourth-order valence-corrected chi connectivity index (χ4v) is 55.5. The Balaban J connectivity index is -0.00000157. The normalized spacial score (nSPS) is 11.7. The molecule has 0 aliphatic heterocycles. The zero-order chi connectivity index (χ0) is 105. The number of aromatic nitrogens is 8. The summed E-state index contributed by atoms with van der Waals surface area (Å²) in [6.07, 6.45) is 10.2. The van der Waals surface area contributed by atoms with Crippen molar-refractivity contribution in [1.82, 2.24) is 55.8 Å². The second kappa shape index (κ2) is 70.0. The number of amides is 3. The Kier molecular flexibility index (Phi) is 68.7. The van der Waals surface area contributed by atoms with E-state index in [1.165, 1.54) is 13.8 Å². The number of thioether (sulfide) groups is 4. The number of hydrogen-bond donors (Lipinski definition) is 3. The molecule has 4 heterocycles. The number of esters is 1. The molecule has 3 amide bonds. The Morgan fingerprint density at radius 2 is 0.610 bits per heavy atom. The summed E-state index contributed by atoms with van der Waals surface area (Å²) in [5.41, 5.74) is 52.9. The number of rotatable bonds is 54. The van der Waals surface area contributed by atoms with Crippen LogP contribution in [0.1, 0.15) is 101 Å². The van der Waals surface area contributed by atoms with E-state index in [-0.39, 0.29) is 56.9 Å². The lowest BCUT2D eigenvalue weighted by Gasteiger charge is -2.34. The average Bonchev–Trinajstić information content (AvgIpc) is 0.875. The third-order valence-corrected chi connectivity index (χ3v) is 60.7. The molecule has 0 fully saturated rings. The van der Waals surface area contributed by atoms with Crippen LogP contribution in [-0.2, 0) is 71.3 Å². The molecule has 0 saturated carbocycles. The number of azide groups is 6. The van der Waals surface area contributed by atoms with Crippen LogP contribution < -0.4 is 16.0 Å². The van der Waals surface area contributed by atoms with Crippen LogP contribution in [0, 0.1) is 0 Å². The maximum absolute atomic E-state index is 12.1. The van der Waals surface area contributed by atoms with E-state index >= 15 is 0 Å². The molecule has 4 aromatic heterocycles. The molecule has 4 rings (SSSR count). The SMILES string of the molecule is CC(=O)CCCC[Si](C)(C)O[Si](C)(C)CSc1ncc(CN=[N+]=[N-])cn1.CC(=O)NCCC[Si](C)(C)O[Si](C)(C)CCCNC(=O)C(F)(F)F.CCOC(C)=O.C[Si](C)(CCCN=[N+]=[N-])O[Si](C)(C)CCCN=[N+]=[N-].C[Si](C)(CSc1ncc(CN=[N+]=[N-])cn1)O[Si](C)(C)CSc1ncc(CN=[N+]=[N-])cn1.C[Si](C)(Cl)CCCNC(=O)C(F)(F)F.C[Si](C)(Cl)CSc1ncc(CN=[N+]=[N-])cn1. The molecule has 61 heteroatoms. The van der Waals surface area contributed by atoms with E-state index in [1.54, 1.807) is 116 Å². The van der Waals surface area contributed by atoms with Gasteiger partial charge in [0.2, 0.25) is 5.91 Å². The molecule has 0 aromatic carbocycles. The Morgan fingerprint density at radius 1 is 0.360 bits per heavy atom. The Hall–Kier alpha value is -6.70. The summed E-state index contributed by atoms with van der Waals surface area (Å²) in [6.45, 7) is 52.6.